The van der Waals surface area contributed by atoms with Gasteiger partial charge in [-0.05, 0) is 75.5 Å². The van der Waals surface area contributed by atoms with E-state index in [2.05, 4.69) is 21.7 Å². The molecule has 2 fully saturated rings. The molecule has 0 N–H and O–H groups in total. The molecular weight excluding hydrogens is 350 g/mol. The van der Waals surface area contributed by atoms with Crippen LogP contribution >= 0.6 is 0 Å². The van der Waals surface area contributed by atoms with Gasteiger partial charge in [-0.25, -0.2) is 0 Å². The van der Waals surface area contributed by atoms with Gasteiger partial charge in [0.2, 0.25) is 0 Å². The third-order valence-electron chi connectivity index (χ3n) is 5.99. The molecule has 1 unspecified atom stereocenters. The molecule has 1 aromatic heterocycles. The summed E-state index contributed by atoms with van der Waals surface area (Å²) >= 11 is 0. The molecule has 0 spiro atoms. The standard InChI is InChI=1S/C23H29N3O2/c1-18-6-4-14-25(18)16-21-8-5-15-26(21)23(27)19-9-11-22(12-10-19)28-17-20-7-2-3-13-24-20/h2-3,7,9-13,18,21H,4-6,8,14-17H2,1H3/t18-,21?/m0/s1. The SMILES string of the molecule is C[C@H]1CCCN1CC1CCCN1C(=O)c1ccc(OCc2ccccn2)cc1. The molecule has 4 rings (SSSR count). The van der Waals surface area contributed by atoms with Crippen LogP contribution in [0.3, 0.4) is 0 Å². The van der Waals surface area contributed by atoms with Crippen molar-refractivity contribution in [3.05, 3.63) is 59.9 Å². The highest BCUT2D eigenvalue weighted by atomic mass is 16.5. The zero-order valence-corrected chi connectivity index (χ0v) is 16.6. The maximum Gasteiger partial charge on any atom is 0.254 e. The van der Waals surface area contributed by atoms with Gasteiger partial charge in [-0.15, -0.1) is 0 Å². The van der Waals surface area contributed by atoms with Crippen LogP contribution in [0.2, 0.25) is 0 Å². The van der Waals surface area contributed by atoms with E-state index < -0.39 is 0 Å². The molecule has 2 atom stereocenters. The van der Waals surface area contributed by atoms with E-state index in [-0.39, 0.29) is 5.91 Å². The van der Waals surface area contributed by atoms with Crippen molar-refractivity contribution < 1.29 is 9.53 Å². The van der Waals surface area contributed by atoms with Crippen LogP contribution in [-0.2, 0) is 6.61 Å². The quantitative estimate of drug-likeness (QED) is 0.767. The zero-order valence-electron chi connectivity index (χ0n) is 16.6. The number of likely N-dealkylation sites (tertiary alicyclic amines) is 2. The van der Waals surface area contributed by atoms with Gasteiger partial charge in [0.25, 0.3) is 5.91 Å². The molecule has 2 aliphatic heterocycles. The number of carbonyl (C=O) groups excluding carboxylic acids is 1. The minimum atomic E-state index is 0.144. The number of hydrogen-bond acceptors (Lipinski definition) is 4. The number of carbonyl (C=O) groups is 1. The molecule has 5 heteroatoms. The molecule has 28 heavy (non-hydrogen) atoms. The number of amides is 1. The van der Waals surface area contributed by atoms with E-state index in [9.17, 15) is 4.79 Å². The molecule has 2 saturated heterocycles. The number of nitrogens with zero attached hydrogens (tertiary/aromatic N) is 3. The first-order chi connectivity index (χ1) is 13.7. The van der Waals surface area contributed by atoms with Gasteiger partial charge in [0.05, 0.1) is 5.69 Å². The number of ether oxygens (including phenoxy) is 1. The van der Waals surface area contributed by atoms with Crippen LogP contribution < -0.4 is 4.74 Å². The molecule has 2 aromatic rings. The second-order valence-corrected chi connectivity index (χ2v) is 7.91. The molecule has 1 amide bonds. The number of aromatic nitrogens is 1. The minimum absolute atomic E-state index is 0.144. The smallest absolute Gasteiger partial charge is 0.254 e. The monoisotopic (exact) mass is 379 g/mol. The summed E-state index contributed by atoms with van der Waals surface area (Å²) in [4.78, 5) is 21.9. The van der Waals surface area contributed by atoms with Gasteiger partial charge >= 0.3 is 0 Å². The van der Waals surface area contributed by atoms with Crippen molar-refractivity contribution >= 4 is 5.91 Å². The molecule has 0 saturated carbocycles. The fourth-order valence-electron chi connectivity index (χ4n) is 4.33. The summed E-state index contributed by atoms with van der Waals surface area (Å²) in [5.74, 6) is 0.900. The van der Waals surface area contributed by atoms with Crippen LogP contribution in [0.5, 0.6) is 5.75 Å². The lowest BCUT2D eigenvalue weighted by atomic mass is 10.1. The van der Waals surface area contributed by atoms with Crippen molar-refractivity contribution in [2.24, 2.45) is 0 Å². The lowest BCUT2D eigenvalue weighted by Gasteiger charge is -2.30. The Labute approximate surface area is 167 Å². The number of rotatable bonds is 6. The Morgan fingerprint density at radius 1 is 1.11 bits per heavy atom. The Balaban J connectivity index is 1.35. The Bertz CT molecular complexity index is 778. The van der Waals surface area contributed by atoms with Crippen molar-refractivity contribution in [2.45, 2.75) is 51.3 Å². The highest BCUT2D eigenvalue weighted by Crippen LogP contribution is 2.25. The average Bonchev–Trinajstić information content (AvgIpc) is 3.36. The molecule has 148 valence electrons. The minimum Gasteiger partial charge on any atom is -0.487 e. The van der Waals surface area contributed by atoms with E-state index in [1.54, 1.807) is 6.20 Å². The molecule has 0 radical (unpaired) electrons. The molecule has 5 nitrogen and oxygen atoms in total. The molecule has 0 bridgehead atoms. The van der Waals surface area contributed by atoms with Crippen LogP contribution in [0, 0.1) is 0 Å². The van der Waals surface area contributed by atoms with Crippen LogP contribution in [0.25, 0.3) is 0 Å². The second-order valence-electron chi connectivity index (χ2n) is 7.91. The van der Waals surface area contributed by atoms with Crippen LogP contribution in [0.4, 0.5) is 0 Å². The van der Waals surface area contributed by atoms with E-state index in [0.717, 1.165) is 42.9 Å². The van der Waals surface area contributed by atoms with Gasteiger partial charge in [0.15, 0.2) is 0 Å². The van der Waals surface area contributed by atoms with Crippen molar-refractivity contribution in [1.82, 2.24) is 14.8 Å². The maximum atomic E-state index is 13.1. The third-order valence-corrected chi connectivity index (χ3v) is 5.99. The highest BCUT2D eigenvalue weighted by molar-refractivity contribution is 5.94. The van der Waals surface area contributed by atoms with E-state index >= 15 is 0 Å². The summed E-state index contributed by atoms with van der Waals surface area (Å²) in [5.41, 5.74) is 1.63. The normalized spacial score (nSPS) is 22.5. The molecule has 3 heterocycles. The summed E-state index contributed by atoms with van der Waals surface area (Å²) in [6.07, 6.45) is 6.53. The number of pyridine rings is 1. The number of hydrogen-bond donors (Lipinski definition) is 0. The average molecular weight is 380 g/mol. The predicted octanol–water partition coefficient (Wildman–Crippen LogP) is 3.75. The van der Waals surface area contributed by atoms with Gasteiger partial charge in [-0.2, -0.15) is 0 Å². The first kappa shape index (κ1) is 18.9. The lowest BCUT2D eigenvalue weighted by Crippen LogP contribution is -2.44. The van der Waals surface area contributed by atoms with E-state index in [4.69, 9.17) is 4.74 Å². The van der Waals surface area contributed by atoms with Gasteiger partial charge in [0.1, 0.15) is 12.4 Å². The summed E-state index contributed by atoms with van der Waals surface area (Å²) in [6.45, 7) is 5.78. The Kier molecular flexibility index (Phi) is 5.91. The van der Waals surface area contributed by atoms with Gasteiger partial charge < -0.3 is 9.64 Å². The predicted molar refractivity (Wildman–Crippen MR) is 109 cm³/mol. The van der Waals surface area contributed by atoms with Crippen LogP contribution in [0.1, 0.15) is 48.7 Å². The van der Waals surface area contributed by atoms with Crippen molar-refractivity contribution in [3.63, 3.8) is 0 Å². The van der Waals surface area contributed by atoms with E-state index in [1.165, 1.54) is 19.4 Å². The fourth-order valence-corrected chi connectivity index (χ4v) is 4.33. The summed E-state index contributed by atoms with van der Waals surface area (Å²) < 4.78 is 5.78. The van der Waals surface area contributed by atoms with Gasteiger partial charge in [-0.3, -0.25) is 14.7 Å². The van der Waals surface area contributed by atoms with Gasteiger partial charge in [0, 0.05) is 36.9 Å². The second kappa shape index (κ2) is 8.74. The largest absolute Gasteiger partial charge is 0.487 e. The van der Waals surface area contributed by atoms with Crippen molar-refractivity contribution in [1.29, 1.82) is 0 Å². The topological polar surface area (TPSA) is 45.7 Å². The molecule has 2 aliphatic rings. The first-order valence-corrected chi connectivity index (χ1v) is 10.4. The Morgan fingerprint density at radius 3 is 2.64 bits per heavy atom. The Morgan fingerprint density at radius 2 is 1.93 bits per heavy atom. The van der Waals surface area contributed by atoms with Gasteiger partial charge in [-0.1, -0.05) is 6.07 Å². The van der Waals surface area contributed by atoms with Crippen molar-refractivity contribution in [2.75, 3.05) is 19.6 Å². The van der Waals surface area contributed by atoms with E-state index in [1.807, 2.05) is 42.5 Å². The first-order valence-electron chi connectivity index (χ1n) is 10.4. The summed E-state index contributed by atoms with van der Waals surface area (Å²) in [6, 6.07) is 14.3. The van der Waals surface area contributed by atoms with Crippen LogP contribution in [0.15, 0.2) is 48.7 Å². The van der Waals surface area contributed by atoms with Crippen molar-refractivity contribution in [3.8, 4) is 5.75 Å². The Hall–Kier alpha value is -2.40. The maximum absolute atomic E-state index is 13.1. The summed E-state index contributed by atoms with van der Waals surface area (Å²) in [5, 5.41) is 0. The molecule has 1 aromatic carbocycles. The molecular formula is C23H29N3O2. The number of benzene rings is 1. The summed E-state index contributed by atoms with van der Waals surface area (Å²) in [7, 11) is 0. The molecule has 0 aliphatic carbocycles. The van der Waals surface area contributed by atoms with E-state index in [0.29, 0.717) is 18.7 Å². The third kappa shape index (κ3) is 4.36. The highest BCUT2D eigenvalue weighted by Gasteiger charge is 2.32. The zero-order chi connectivity index (χ0) is 19.3. The lowest BCUT2D eigenvalue weighted by molar-refractivity contribution is 0.0696. The van der Waals surface area contributed by atoms with Crippen LogP contribution in [-0.4, -0.2) is 52.4 Å². The fraction of sp³-hybridized carbons (Fsp3) is 0.478.